The molecule has 2 nitrogen and oxygen atoms in total. The van der Waals surface area contributed by atoms with Crippen LogP contribution in [-0.2, 0) is 6.54 Å². The number of hydrogen-bond acceptors (Lipinski definition) is 2. The molecule has 0 aliphatic carbocycles. The van der Waals surface area contributed by atoms with Gasteiger partial charge in [0.05, 0.1) is 16.2 Å². The zero-order valence-electron chi connectivity index (χ0n) is 14.4. The smallest absolute Gasteiger partial charge is 0.0892 e. The number of rotatable bonds is 3. The summed E-state index contributed by atoms with van der Waals surface area (Å²) in [5.41, 5.74) is 2.62. The average Bonchev–Trinajstić information content (AvgIpc) is 2.65. The van der Waals surface area contributed by atoms with Crippen LogP contribution in [0.3, 0.4) is 0 Å². The molecule has 2 aromatic carbocycles. The van der Waals surface area contributed by atoms with Crippen LogP contribution in [0, 0.1) is 0 Å². The summed E-state index contributed by atoms with van der Waals surface area (Å²) >= 11 is 12.5. The van der Waals surface area contributed by atoms with E-state index in [9.17, 15) is 0 Å². The molecule has 0 saturated carbocycles. The lowest BCUT2D eigenvalue weighted by molar-refractivity contribution is -0.0566. The number of benzene rings is 2. The Morgan fingerprint density at radius 3 is 2.52 bits per heavy atom. The van der Waals surface area contributed by atoms with Crippen molar-refractivity contribution < 1.29 is 0 Å². The van der Waals surface area contributed by atoms with Crippen LogP contribution in [0.1, 0.15) is 43.0 Å². The van der Waals surface area contributed by atoms with Crippen molar-refractivity contribution in [2.24, 2.45) is 0 Å². The summed E-state index contributed by atoms with van der Waals surface area (Å²) in [5, 5.41) is 1.28. The maximum Gasteiger partial charge on any atom is 0.0892 e. The van der Waals surface area contributed by atoms with Gasteiger partial charge in [-0.15, -0.1) is 0 Å². The monoisotopic (exact) mass is 374 g/mol. The quantitative estimate of drug-likeness (QED) is 0.674. The van der Waals surface area contributed by atoms with Crippen LogP contribution in [0.2, 0.25) is 10.0 Å². The van der Waals surface area contributed by atoms with E-state index in [0.29, 0.717) is 16.1 Å². The van der Waals surface area contributed by atoms with Crippen LogP contribution < -0.4 is 0 Å². The Kier molecular flexibility index (Phi) is 5.33. The molecular weight excluding hydrogens is 351 g/mol. The van der Waals surface area contributed by atoms with Gasteiger partial charge in [-0.25, -0.2) is 0 Å². The van der Waals surface area contributed by atoms with Gasteiger partial charge in [-0.2, -0.15) is 0 Å². The number of fused-ring (bicyclic) bond motifs is 1. The number of halogens is 2. The lowest BCUT2D eigenvalue weighted by Crippen LogP contribution is -2.54. The van der Waals surface area contributed by atoms with E-state index >= 15 is 0 Å². The molecule has 2 aliphatic heterocycles. The standard InChI is InChI=1S/C21H24Cl2N2/c22-19-10-9-17(14-20(19)23)21-24(15-16-6-2-1-3-7-16)13-11-18-8-4-5-12-25(18)21/h1-3,6-7,9-10,14,18,21H,4-5,8,11-13,15H2/t18-,21-/m0/s1. The molecule has 132 valence electrons. The largest absolute Gasteiger partial charge is 0.281 e. The lowest BCUT2D eigenvalue weighted by Gasteiger charge is -2.51. The molecule has 4 heteroatoms. The topological polar surface area (TPSA) is 6.48 Å². The zero-order valence-corrected chi connectivity index (χ0v) is 15.9. The van der Waals surface area contributed by atoms with Crippen molar-refractivity contribution in [1.82, 2.24) is 9.80 Å². The number of piperidine rings is 1. The molecule has 2 heterocycles. The Morgan fingerprint density at radius 1 is 0.880 bits per heavy atom. The average molecular weight is 375 g/mol. The molecule has 0 aromatic heterocycles. The first-order valence-corrected chi connectivity index (χ1v) is 9.96. The highest BCUT2D eigenvalue weighted by Gasteiger charge is 2.37. The second kappa shape index (κ2) is 7.67. The van der Waals surface area contributed by atoms with E-state index < -0.39 is 0 Å². The summed E-state index contributed by atoms with van der Waals surface area (Å²) in [6, 6.07) is 17.6. The van der Waals surface area contributed by atoms with Gasteiger partial charge < -0.3 is 0 Å². The third kappa shape index (κ3) is 3.73. The highest BCUT2D eigenvalue weighted by atomic mass is 35.5. The maximum absolute atomic E-state index is 6.35. The molecule has 2 aromatic rings. The zero-order chi connectivity index (χ0) is 17.2. The fourth-order valence-electron chi connectivity index (χ4n) is 4.36. The molecule has 0 amide bonds. The van der Waals surface area contributed by atoms with E-state index in [1.54, 1.807) is 0 Å². The van der Waals surface area contributed by atoms with Crippen molar-refractivity contribution in [2.75, 3.05) is 13.1 Å². The fourth-order valence-corrected chi connectivity index (χ4v) is 4.67. The SMILES string of the molecule is Clc1ccc([C@H]2N(Cc3ccccc3)CC[C@@H]3CCCCN32)cc1Cl. The molecule has 0 spiro atoms. The van der Waals surface area contributed by atoms with Crippen LogP contribution in [0.15, 0.2) is 48.5 Å². The Labute approximate surface area is 160 Å². The summed E-state index contributed by atoms with van der Waals surface area (Å²) < 4.78 is 0. The minimum Gasteiger partial charge on any atom is -0.281 e. The summed E-state index contributed by atoms with van der Waals surface area (Å²) in [7, 11) is 0. The van der Waals surface area contributed by atoms with Crippen molar-refractivity contribution in [2.45, 2.75) is 44.4 Å². The van der Waals surface area contributed by atoms with Gasteiger partial charge in [0.2, 0.25) is 0 Å². The van der Waals surface area contributed by atoms with E-state index in [1.165, 1.54) is 43.4 Å². The molecule has 25 heavy (non-hydrogen) atoms. The van der Waals surface area contributed by atoms with Gasteiger partial charge in [-0.3, -0.25) is 9.80 Å². The first kappa shape index (κ1) is 17.4. The van der Waals surface area contributed by atoms with Gasteiger partial charge in [0.1, 0.15) is 0 Å². The van der Waals surface area contributed by atoms with Gasteiger partial charge in [0, 0.05) is 25.7 Å². The van der Waals surface area contributed by atoms with Gasteiger partial charge >= 0.3 is 0 Å². The summed E-state index contributed by atoms with van der Waals surface area (Å²) in [5.74, 6) is 0. The predicted molar refractivity (Wildman–Crippen MR) is 105 cm³/mol. The van der Waals surface area contributed by atoms with Gasteiger partial charge in [0.25, 0.3) is 0 Å². The van der Waals surface area contributed by atoms with E-state index in [4.69, 9.17) is 23.2 Å². The highest BCUT2D eigenvalue weighted by molar-refractivity contribution is 6.42. The molecule has 2 atom stereocenters. The molecule has 0 unspecified atom stereocenters. The molecule has 2 fully saturated rings. The molecular formula is C21H24Cl2N2. The first-order chi connectivity index (χ1) is 12.2. The molecule has 0 bridgehead atoms. The van der Waals surface area contributed by atoms with Crippen LogP contribution >= 0.6 is 23.2 Å². The minimum atomic E-state index is 0.286. The Morgan fingerprint density at radius 2 is 1.72 bits per heavy atom. The Balaban J connectivity index is 1.67. The maximum atomic E-state index is 6.35. The van der Waals surface area contributed by atoms with Crippen LogP contribution in [-0.4, -0.2) is 28.9 Å². The van der Waals surface area contributed by atoms with Crippen molar-refractivity contribution in [1.29, 1.82) is 0 Å². The number of nitrogens with zero attached hydrogens (tertiary/aromatic N) is 2. The highest BCUT2D eigenvalue weighted by Crippen LogP contribution is 2.39. The van der Waals surface area contributed by atoms with E-state index in [0.717, 1.165) is 13.1 Å². The van der Waals surface area contributed by atoms with Crippen molar-refractivity contribution >= 4 is 23.2 Å². The second-order valence-electron chi connectivity index (χ2n) is 7.18. The minimum absolute atomic E-state index is 0.286. The second-order valence-corrected chi connectivity index (χ2v) is 7.99. The number of hydrogen-bond donors (Lipinski definition) is 0. The fraction of sp³-hybridized carbons (Fsp3) is 0.429. The van der Waals surface area contributed by atoms with Gasteiger partial charge in [-0.1, -0.05) is 66.0 Å². The van der Waals surface area contributed by atoms with E-state index in [2.05, 4.69) is 52.3 Å². The summed E-state index contributed by atoms with van der Waals surface area (Å²) in [4.78, 5) is 5.28. The van der Waals surface area contributed by atoms with Crippen molar-refractivity contribution in [3.63, 3.8) is 0 Å². The summed E-state index contributed by atoms with van der Waals surface area (Å²) in [6.07, 6.45) is 5.50. The predicted octanol–water partition coefficient (Wildman–Crippen LogP) is 5.75. The van der Waals surface area contributed by atoms with Gasteiger partial charge in [-0.05, 0) is 42.5 Å². The molecule has 2 saturated heterocycles. The van der Waals surface area contributed by atoms with E-state index in [1.807, 2.05) is 6.07 Å². The van der Waals surface area contributed by atoms with Crippen LogP contribution in [0.25, 0.3) is 0 Å². The normalized spacial score (nSPS) is 24.9. The Hall–Kier alpha value is -1.06. The van der Waals surface area contributed by atoms with Crippen molar-refractivity contribution in [3.05, 3.63) is 69.7 Å². The molecule has 0 radical (unpaired) electrons. The third-order valence-electron chi connectivity index (χ3n) is 5.55. The van der Waals surface area contributed by atoms with Crippen LogP contribution in [0.4, 0.5) is 0 Å². The lowest BCUT2D eigenvalue weighted by atomic mass is 9.93. The molecule has 0 N–H and O–H groups in total. The third-order valence-corrected chi connectivity index (χ3v) is 6.29. The first-order valence-electron chi connectivity index (χ1n) is 9.21. The Bertz CT molecular complexity index is 719. The van der Waals surface area contributed by atoms with Gasteiger partial charge in [0.15, 0.2) is 0 Å². The summed E-state index contributed by atoms with van der Waals surface area (Å²) in [6.45, 7) is 3.26. The van der Waals surface area contributed by atoms with Crippen molar-refractivity contribution in [3.8, 4) is 0 Å². The molecule has 2 aliphatic rings. The molecule has 4 rings (SSSR count). The van der Waals surface area contributed by atoms with Crippen LogP contribution in [0.5, 0.6) is 0 Å². The van der Waals surface area contributed by atoms with E-state index in [-0.39, 0.29) is 6.17 Å².